The van der Waals surface area contributed by atoms with E-state index in [1.165, 1.54) is 0 Å². The lowest BCUT2D eigenvalue weighted by molar-refractivity contribution is -0.118. The maximum absolute atomic E-state index is 10.5. The maximum Gasteiger partial charge on any atom is 0.217 e. The number of aliphatic hydroxyl groups excluding tert-OH is 1. The van der Waals surface area contributed by atoms with E-state index in [2.05, 4.69) is 4.90 Å². The number of likely N-dealkylation sites (tertiary alicyclic amines) is 1. The summed E-state index contributed by atoms with van der Waals surface area (Å²) in [5, 5.41) is 9.35. The monoisotopic (exact) mass is 186 g/mol. The van der Waals surface area contributed by atoms with Gasteiger partial charge >= 0.3 is 0 Å². The third-order valence-electron chi connectivity index (χ3n) is 2.38. The van der Waals surface area contributed by atoms with Crippen LogP contribution in [0.3, 0.4) is 0 Å². The van der Waals surface area contributed by atoms with Crippen LogP contribution in [0.1, 0.15) is 25.7 Å². The Labute approximate surface area is 78.7 Å². The zero-order valence-electron chi connectivity index (χ0n) is 7.91. The van der Waals surface area contributed by atoms with Gasteiger partial charge in [-0.05, 0) is 32.4 Å². The van der Waals surface area contributed by atoms with E-state index in [0.29, 0.717) is 6.42 Å². The van der Waals surface area contributed by atoms with Crippen molar-refractivity contribution in [2.75, 3.05) is 19.6 Å². The molecule has 0 spiro atoms. The lowest BCUT2D eigenvalue weighted by Crippen LogP contribution is -2.38. The van der Waals surface area contributed by atoms with Crippen LogP contribution in [0.15, 0.2) is 0 Å². The highest BCUT2D eigenvalue weighted by Gasteiger charge is 2.16. The Morgan fingerprint density at radius 3 is 3.00 bits per heavy atom. The molecule has 0 aromatic heterocycles. The lowest BCUT2D eigenvalue weighted by atomic mass is 10.1. The summed E-state index contributed by atoms with van der Waals surface area (Å²) < 4.78 is 0. The summed E-state index contributed by atoms with van der Waals surface area (Å²) in [7, 11) is 0. The first kappa shape index (κ1) is 10.5. The number of β-amino-alcohol motifs (C(OH)–C–C–N with tert-alkyl or cyclic N) is 1. The summed E-state index contributed by atoms with van der Waals surface area (Å²) in [6.45, 7) is 2.66. The molecule has 76 valence electrons. The van der Waals surface area contributed by atoms with E-state index in [-0.39, 0.29) is 12.0 Å². The Morgan fingerprint density at radius 2 is 2.38 bits per heavy atom. The van der Waals surface area contributed by atoms with Crippen LogP contribution in [0.2, 0.25) is 0 Å². The number of piperidine rings is 1. The first-order valence-electron chi connectivity index (χ1n) is 4.87. The van der Waals surface area contributed by atoms with Crippen molar-refractivity contribution < 1.29 is 9.90 Å². The first-order chi connectivity index (χ1) is 6.18. The molecule has 1 aliphatic heterocycles. The van der Waals surface area contributed by atoms with Gasteiger partial charge < -0.3 is 15.7 Å². The van der Waals surface area contributed by atoms with E-state index in [9.17, 15) is 9.90 Å². The number of primary amides is 1. The Balaban J connectivity index is 2.10. The molecule has 1 fully saturated rings. The minimum Gasteiger partial charge on any atom is -0.392 e. The SMILES string of the molecule is NC(=O)CCCN1CCCC(O)C1. The molecule has 0 bridgehead atoms. The molecule has 1 amide bonds. The molecule has 1 unspecified atom stereocenters. The van der Waals surface area contributed by atoms with Gasteiger partial charge in [-0.2, -0.15) is 0 Å². The topological polar surface area (TPSA) is 66.6 Å². The summed E-state index contributed by atoms with van der Waals surface area (Å²) in [5.74, 6) is -0.238. The highest BCUT2D eigenvalue weighted by molar-refractivity contribution is 5.73. The largest absolute Gasteiger partial charge is 0.392 e. The quantitative estimate of drug-likeness (QED) is 0.634. The molecule has 1 atom stereocenters. The van der Waals surface area contributed by atoms with Gasteiger partial charge in [-0.15, -0.1) is 0 Å². The maximum atomic E-state index is 10.5. The summed E-state index contributed by atoms with van der Waals surface area (Å²) in [4.78, 5) is 12.7. The predicted octanol–water partition coefficient (Wildman–Crippen LogP) is -0.291. The van der Waals surface area contributed by atoms with Gasteiger partial charge in [0.2, 0.25) is 5.91 Å². The molecule has 0 radical (unpaired) electrons. The molecule has 1 saturated heterocycles. The van der Waals surface area contributed by atoms with E-state index in [4.69, 9.17) is 5.73 Å². The zero-order valence-corrected chi connectivity index (χ0v) is 7.91. The van der Waals surface area contributed by atoms with E-state index in [1.54, 1.807) is 0 Å². The standard InChI is InChI=1S/C9H18N2O2/c10-9(13)4-2-6-11-5-1-3-8(12)7-11/h8,12H,1-7H2,(H2,10,13). The van der Waals surface area contributed by atoms with Crippen molar-refractivity contribution in [1.29, 1.82) is 0 Å². The molecular formula is C9H18N2O2. The van der Waals surface area contributed by atoms with Gasteiger partial charge in [0.05, 0.1) is 6.10 Å². The summed E-state index contributed by atoms with van der Waals surface area (Å²) >= 11 is 0. The van der Waals surface area contributed by atoms with E-state index in [1.807, 2.05) is 0 Å². The van der Waals surface area contributed by atoms with Crippen LogP contribution in [0.25, 0.3) is 0 Å². The molecule has 4 nitrogen and oxygen atoms in total. The van der Waals surface area contributed by atoms with E-state index >= 15 is 0 Å². The lowest BCUT2D eigenvalue weighted by Gasteiger charge is -2.29. The van der Waals surface area contributed by atoms with Gasteiger partial charge in [-0.1, -0.05) is 0 Å². The number of nitrogens with two attached hydrogens (primary N) is 1. The minimum atomic E-state index is -0.238. The van der Waals surface area contributed by atoms with E-state index < -0.39 is 0 Å². The summed E-state index contributed by atoms with van der Waals surface area (Å²) in [6, 6.07) is 0. The molecule has 3 N–H and O–H groups in total. The highest BCUT2D eigenvalue weighted by atomic mass is 16.3. The van der Waals surface area contributed by atoms with Crippen LogP contribution in [-0.4, -0.2) is 41.7 Å². The number of hydrogen-bond donors (Lipinski definition) is 2. The fourth-order valence-electron chi connectivity index (χ4n) is 1.71. The Kier molecular flexibility index (Phi) is 4.18. The second-order valence-corrected chi connectivity index (χ2v) is 3.67. The number of hydrogen-bond acceptors (Lipinski definition) is 3. The Hall–Kier alpha value is -0.610. The average molecular weight is 186 g/mol. The molecule has 4 heteroatoms. The number of rotatable bonds is 4. The molecule has 1 rings (SSSR count). The third-order valence-corrected chi connectivity index (χ3v) is 2.38. The van der Waals surface area contributed by atoms with Gasteiger partial charge in [0.25, 0.3) is 0 Å². The normalized spacial score (nSPS) is 24.5. The molecule has 0 aromatic carbocycles. The first-order valence-corrected chi connectivity index (χ1v) is 4.87. The Morgan fingerprint density at radius 1 is 1.62 bits per heavy atom. The van der Waals surface area contributed by atoms with Gasteiger partial charge in [0.1, 0.15) is 0 Å². The molecule has 0 saturated carbocycles. The van der Waals surface area contributed by atoms with Crippen molar-refractivity contribution in [3.05, 3.63) is 0 Å². The molecule has 1 aliphatic rings. The second-order valence-electron chi connectivity index (χ2n) is 3.67. The predicted molar refractivity (Wildman–Crippen MR) is 50.1 cm³/mol. The fourth-order valence-corrected chi connectivity index (χ4v) is 1.71. The van der Waals surface area contributed by atoms with Crippen molar-refractivity contribution in [3.8, 4) is 0 Å². The van der Waals surface area contributed by atoms with Crippen LogP contribution < -0.4 is 5.73 Å². The second kappa shape index (κ2) is 5.19. The molecule has 0 aromatic rings. The number of carbonyl (C=O) groups excluding carboxylic acids is 1. The van der Waals surface area contributed by atoms with Crippen molar-refractivity contribution in [3.63, 3.8) is 0 Å². The molecule has 1 heterocycles. The van der Waals surface area contributed by atoms with Gasteiger partial charge in [0, 0.05) is 13.0 Å². The minimum absolute atomic E-state index is 0.178. The van der Waals surface area contributed by atoms with Crippen LogP contribution >= 0.6 is 0 Å². The van der Waals surface area contributed by atoms with Crippen molar-refractivity contribution >= 4 is 5.91 Å². The van der Waals surface area contributed by atoms with Crippen LogP contribution in [0.4, 0.5) is 0 Å². The van der Waals surface area contributed by atoms with Crippen LogP contribution in [0.5, 0.6) is 0 Å². The van der Waals surface area contributed by atoms with Gasteiger partial charge in [0.15, 0.2) is 0 Å². The van der Waals surface area contributed by atoms with Crippen LogP contribution in [0, 0.1) is 0 Å². The molecule has 0 aliphatic carbocycles. The molecule has 13 heavy (non-hydrogen) atoms. The van der Waals surface area contributed by atoms with Gasteiger partial charge in [-0.25, -0.2) is 0 Å². The molecular weight excluding hydrogens is 168 g/mol. The van der Waals surface area contributed by atoms with Crippen molar-refractivity contribution in [2.24, 2.45) is 5.73 Å². The third kappa shape index (κ3) is 4.24. The zero-order chi connectivity index (χ0) is 9.68. The van der Waals surface area contributed by atoms with Crippen molar-refractivity contribution in [2.45, 2.75) is 31.8 Å². The smallest absolute Gasteiger partial charge is 0.217 e. The number of nitrogens with zero attached hydrogens (tertiary/aromatic N) is 1. The fraction of sp³-hybridized carbons (Fsp3) is 0.889. The van der Waals surface area contributed by atoms with Crippen molar-refractivity contribution in [1.82, 2.24) is 4.90 Å². The number of amides is 1. The Bertz CT molecular complexity index is 173. The highest BCUT2D eigenvalue weighted by Crippen LogP contribution is 2.10. The van der Waals surface area contributed by atoms with Gasteiger partial charge in [-0.3, -0.25) is 4.79 Å². The number of aliphatic hydroxyl groups is 1. The van der Waals surface area contributed by atoms with Crippen LogP contribution in [-0.2, 0) is 4.79 Å². The summed E-state index contributed by atoms with van der Waals surface area (Å²) in [6.07, 6.45) is 3.04. The average Bonchev–Trinajstić information content (AvgIpc) is 2.03. The number of carbonyl (C=O) groups is 1. The van der Waals surface area contributed by atoms with E-state index in [0.717, 1.165) is 38.9 Å². The summed E-state index contributed by atoms with van der Waals surface area (Å²) in [5.41, 5.74) is 5.03.